The quantitative estimate of drug-likeness (QED) is 0.185. The molecule has 0 saturated carbocycles. The van der Waals surface area contributed by atoms with Gasteiger partial charge in [0.05, 0.1) is 44.1 Å². The molecule has 0 amide bonds. The molecule has 0 saturated heterocycles. The van der Waals surface area contributed by atoms with E-state index in [0.29, 0.717) is 17.7 Å². The second kappa shape index (κ2) is 9.85. The highest BCUT2D eigenvalue weighted by Crippen LogP contribution is 2.46. The normalized spacial score (nSPS) is 12.5. The molecule has 0 radical (unpaired) electrons. The van der Waals surface area contributed by atoms with Gasteiger partial charge >= 0.3 is 0 Å². The summed E-state index contributed by atoms with van der Waals surface area (Å²) in [5.41, 5.74) is 9.95. The molecule has 8 heteroatoms. The fourth-order valence-electron chi connectivity index (χ4n) is 8.89. The molecule has 0 atom stereocenters. The molecule has 0 spiro atoms. The lowest BCUT2D eigenvalue weighted by Crippen LogP contribution is -2.10. The number of hydrogen-bond acceptors (Lipinski definition) is 4. The van der Waals surface area contributed by atoms with Gasteiger partial charge in [-0.15, -0.1) is 0 Å². The van der Waals surface area contributed by atoms with Crippen LogP contribution in [0.2, 0.25) is 0 Å². The van der Waals surface area contributed by atoms with Crippen molar-refractivity contribution in [3.63, 3.8) is 0 Å². The van der Waals surface area contributed by atoms with E-state index in [-0.39, 0.29) is 0 Å². The van der Waals surface area contributed by atoms with Crippen LogP contribution in [0.1, 0.15) is 0 Å². The minimum atomic E-state index is 0.577. The number of para-hydroxylation sites is 4. The van der Waals surface area contributed by atoms with Gasteiger partial charge in [0.1, 0.15) is 0 Å². The fourth-order valence-corrected chi connectivity index (χ4v) is 10.1. The van der Waals surface area contributed by atoms with Gasteiger partial charge in [-0.1, -0.05) is 115 Å². The van der Waals surface area contributed by atoms with E-state index in [9.17, 15) is 0 Å². The molecule has 0 unspecified atom stereocenters. The first-order chi connectivity index (χ1) is 26.3. The summed E-state index contributed by atoms with van der Waals surface area (Å²) in [6, 6.07) is 53.8. The van der Waals surface area contributed by atoms with Crippen molar-refractivity contribution in [2.75, 3.05) is 0 Å². The largest absolute Gasteiger partial charge is 0.278 e. The van der Waals surface area contributed by atoms with Gasteiger partial charge in [0.2, 0.25) is 11.9 Å². The Bertz CT molecular complexity index is 3440. The molecule has 0 bridgehead atoms. The van der Waals surface area contributed by atoms with Crippen LogP contribution in [0.3, 0.4) is 0 Å². The monoisotopic (exact) mass is 695 g/mol. The van der Waals surface area contributed by atoms with Crippen LogP contribution in [0.4, 0.5) is 0 Å². The van der Waals surface area contributed by atoms with Gasteiger partial charge in [0.15, 0.2) is 5.82 Å². The van der Waals surface area contributed by atoms with Crippen LogP contribution in [0, 0.1) is 0 Å². The molecule has 246 valence electrons. The van der Waals surface area contributed by atoms with E-state index >= 15 is 0 Å². The van der Waals surface area contributed by atoms with Crippen LogP contribution < -0.4 is 0 Å². The van der Waals surface area contributed by atoms with Gasteiger partial charge in [-0.2, -0.15) is 15.0 Å². The second-order valence-electron chi connectivity index (χ2n) is 13.7. The molecule has 0 fully saturated rings. The smallest absolute Gasteiger partial charge is 0.240 e. The Morgan fingerprint density at radius 3 is 1.26 bits per heavy atom. The minimum Gasteiger partial charge on any atom is -0.278 e. The van der Waals surface area contributed by atoms with Crippen LogP contribution in [-0.4, -0.2) is 31.7 Å². The molecular weight excluding hydrogens is 671 g/mol. The Kier molecular flexibility index (Phi) is 5.14. The lowest BCUT2D eigenvalue weighted by molar-refractivity contribution is 0.893. The van der Waals surface area contributed by atoms with E-state index in [4.69, 9.17) is 15.0 Å². The Labute approximate surface area is 304 Å². The van der Waals surface area contributed by atoms with Crippen molar-refractivity contribution in [2.24, 2.45) is 0 Å². The van der Waals surface area contributed by atoms with Crippen LogP contribution >= 0.6 is 11.7 Å². The summed E-state index contributed by atoms with van der Waals surface area (Å²) in [6.45, 7) is 0. The fraction of sp³-hybridized carbons (Fsp3) is 0. The van der Waals surface area contributed by atoms with Crippen molar-refractivity contribution in [1.29, 1.82) is 0 Å². The molecule has 0 aliphatic heterocycles. The molecule has 7 nitrogen and oxygen atoms in total. The standard InChI is InChI=1S/C45H25N7S/c1-2-12-26(13-3-1)43-46-44(49-33-18-8-4-14-27(33)28-15-5-9-19-34(28)49)48-45(47-43)50-37-24-22-31-29-16-6-10-20-35(29)51-41(31)39(37)40-38(50)25-23-32-30-17-7-11-21-36(30)52(53-51)42(32)40/h1-25H. The lowest BCUT2D eigenvalue weighted by atomic mass is 10.1. The summed E-state index contributed by atoms with van der Waals surface area (Å²) in [5, 5.41) is 9.68. The summed E-state index contributed by atoms with van der Waals surface area (Å²) < 4.78 is 9.29. The first kappa shape index (κ1) is 27.7. The number of nitrogens with zero attached hydrogens (tertiary/aromatic N) is 7. The van der Waals surface area contributed by atoms with Crippen molar-refractivity contribution in [3.05, 3.63) is 152 Å². The van der Waals surface area contributed by atoms with Crippen LogP contribution in [0.5, 0.6) is 0 Å². The zero-order valence-corrected chi connectivity index (χ0v) is 28.8. The SMILES string of the molecule is c1ccc(-c2nc(-n3c4ccccc4c4ccccc43)nc(-n3c4ccc5c6ccccc6n6sn7c8ccccc8c8ccc3c(c4c56)c87)n2)cc1. The maximum absolute atomic E-state index is 5.41. The zero-order valence-electron chi connectivity index (χ0n) is 28.0. The molecule has 7 aromatic carbocycles. The molecular formula is C45H25N7S. The minimum absolute atomic E-state index is 0.577. The average Bonchev–Trinajstić information content (AvgIpc) is 3.90. The molecule has 53 heavy (non-hydrogen) atoms. The van der Waals surface area contributed by atoms with Crippen LogP contribution in [0.25, 0.3) is 111 Å². The Morgan fingerprint density at radius 2 is 0.755 bits per heavy atom. The second-order valence-corrected chi connectivity index (χ2v) is 14.6. The Balaban J connectivity index is 1.24. The maximum atomic E-state index is 5.41. The van der Waals surface area contributed by atoms with E-state index in [1.807, 2.05) is 18.2 Å². The third-order valence-electron chi connectivity index (χ3n) is 11.1. The number of fused-ring (bicyclic) bond motifs is 9. The lowest BCUT2D eigenvalue weighted by Gasteiger charge is -2.12. The van der Waals surface area contributed by atoms with Crippen LogP contribution in [-0.2, 0) is 0 Å². The third-order valence-corrected chi connectivity index (χ3v) is 12.1. The Hall–Kier alpha value is -7.03. The van der Waals surface area contributed by atoms with Gasteiger partial charge < -0.3 is 0 Å². The summed E-state index contributed by atoms with van der Waals surface area (Å²) in [7, 11) is 0. The van der Waals surface area contributed by atoms with Crippen LogP contribution in [0.15, 0.2) is 152 Å². The van der Waals surface area contributed by atoms with Gasteiger partial charge in [-0.3, -0.25) is 9.13 Å². The molecule has 0 aliphatic carbocycles. The number of aromatic nitrogens is 7. The van der Waals surface area contributed by atoms with Crippen molar-refractivity contribution < 1.29 is 0 Å². The van der Waals surface area contributed by atoms with Crippen molar-refractivity contribution >= 4 is 99.0 Å². The zero-order chi connectivity index (χ0) is 34.4. The number of rotatable bonds is 3. The van der Waals surface area contributed by atoms with E-state index in [1.165, 1.54) is 54.4 Å². The molecule has 13 aromatic rings. The molecule has 0 N–H and O–H groups in total. The maximum Gasteiger partial charge on any atom is 0.240 e. The predicted molar refractivity (Wildman–Crippen MR) is 217 cm³/mol. The molecule has 6 heterocycles. The van der Waals surface area contributed by atoms with E-state index < -0.39 is 0 Å². The van der Waals surface area contributed by atoms with E-state index in [1.54, 1.807) is 11.7 Å². The van der Waals surface area contributed by atoms with E-state index in [2.05, 4.69) is 150 Å². The number of benzene rings is 7. The highest BCUT2D eigenvalue weighted by molar-refractivity contribution is 7.02. The molecule has 6 aromatic heterocycles. The van der Waals surface area contributed by atoms with Gasteiger partial charge in [-0.25, -0.2) is 7.58 Å². The van der Waals surface area contributed by atoms with Crippen molar-refractivity contribution in [3.8, 4) is 23.3 Å². The number of hydrogen-bond donors (Lipinski definition) is 0. The van der Waals surface area contributed by atoms with Gasteiger partial charge in [0.25, 0.3) is 0 Å². The highest BCUT2D eigenvalue weighted by Gasteiger charge is 2.27. The average molecular weight is 696 g/mol. The predicted octanol–water partition coefficient (Wildman–Crippen LogP) is 11.2. The van der Waals surface area contributed by atoms with Crippen molar-refractivity contribution in [2.45, 2.75) is 0 Å². The molecule has 13 rings (SSSR count). The van der Waals surface area contributed by atoms with Crippen molar-refractivity contribution in [1.82, 2.24) is 31.7 Å². The first-order valence-corrected chi connectivity index (χ1v) is 18.5. The topological polar surface area (TPSA) is 57.3 Å². The summed E-state index contributed by atoms with van der Waals surface area (Å²) in [5.74, 6) is 1.78. The molecule has 0 aliphatic rings. The summed E-state index contributed by atoms with van der Waals surface area (Å²) in [4.78, 5) is 15.9. The summed E-state index contributed by atoms with van der Waals surface area (Å²) >= 11 is 1.77. The highest BCUT2D eigenvalue weighted by atomic mass is 32.1. The van der Waals surface area contributed by atoms with Gasteiger partial charge in [0, 0.05) is 60.4 Å². The Morgan fingerprint density at radius 1 is 0.340 bits per heavy atom. The summed E-state index contributed by atoms with van der Waals surface area (Å²) in [6.07, 6.45) is 0. The third kappa shape index (κ3) is 3.46. The van der Waals surface area contributed by atoms with E-state index in [0.717, 1.165) is 38.4 Å². The first-order valence-electron chi connectivity index (χ1n) is 17.7. The van der Waals surface area contributed by atoms with Gasteiger partial charge in [-0.05, 0) is 36.4 Å².